The van der Waals surface area contributed by atoms with Gasteiger partial charge in [0.25, 0.3) is 0 Å². The Bertz CT molecular complexity index is 1180. The van der Waals surface area contributed by atoms with Crippen LogP contribution in [0.1, 0.15) is 31.0 Å². The number of nitrogen functional groups attached to an aromatic ring is 1. The Kier molecular flexibility index (Phi) is 6.83. The van der Waals surface area contributed by atoms with Crippen molar-refractivity contribution < 1.29 is 4.74 Å². The van der Waals surface area contributed by atoms with E-state index in [1.165, 1.54) is 17.7 Å². The highest BCUT2D eigenvalue weighted by Gasteiger charge is 2.41. The number of nitrogens with one attached hydrogen (secondary N) is 1. The highest BCUT2D eigenvalue weighted by Crippen LogP contribution is 2.36. The number of likely N-dealkylation sites (N-methyl/N-ethyl adjacent to an activating group) is 1. The maximum atomic E-state index is 6.29. The molecule has 3 N–H and O–H groups in total. The first-order valence-electron chi connectivity index (χ1n) is 12.5. The predicted octanol–water partition coefficient (Wildman–Crippen LogP) is 4.03. The van der Waals surface area contributed by atoms with Crippen LogP contribution >= 0.6 is 0 Å². The quantitative estimate of drug-likeness (QED) is 0.450. The van der Waals surface area contributed by atoms with E-state index in [1.54, 1.807) is 6.20 Å². The number of nitrogens with two attached hydrogens (primary N) is 1. The summed E-state index contributed by atoms with van der Waals surface area (Å²) in [6, 6.07) is 13.7. The van der Waals surface area contributed by atoms with Crippen molar-refractivity contribution in [2.75, 3.05) is 49.3 Å². The van der Waals surface area contributed by atoms with Gasteiger partial charge in [-0.1, -0.05) is 0 Å². The van der Waals surface area contributed by atoms with Crippen molar-refractivity contribution in [2.24, 2.45) is 0 Å². The molecule has 0 aliphatic carbocycles. The van der Waals surface area contributed by atoms with Crippen LogP contribution in [0, 0.1) is 6.92 Å². The molecule has 0 saturated carbocycles. The number of piperazine rings is 1. The lowest BCUT2D eigenvalue weighted by Crippen LogP contribution is -2.44. The molecular weight excluding hydrogens is 438 g/mol. The third kappa shape index (κ3) is 5.09. The lowest BCUT2D eigenvalue weighted by molar-refractivity contribution is 0.145. The number of anilines is 4. The Morgan fingerprint density at radius 1 is 1.11 bits per heavy atom. The number of ether oxygens (including phenoxy) is 1. The molecular formula is C27H35N7O. The van der Waals surface area contributed by atoms with Gasteiger partial charge in [0.05, 0.1) is 5.69 Å². The van der Waals surface area contributed by atoms with Crippen LogP contribution in [0.5, 0.6) is 0 Å². The van der Waals surface area contributed by atoms with Gasteiger partial charge in [0.1, 0.15) is 5.82 Å². The fourth-order valence-electron chi connectivity index (χ4n) is 5.29. The maximum Gasteiger partial charge on any atom is 0.227 e. The van der Waals surface area contributed by atoms with E-state index in [0.717, 1.165) is 61.8 Å². The minimum Gasteiger partial charge on any atom is -0.383 e. The van der Waals surface area contributed by atoms with Crippen molar-refractivity contribution >= 4 is 23.1 Å². The molecule has 0 spiro atoms. The number of hydrogen-bond acceptors (Lipinski definition) is 8. The van der Waals surface area contributed by atoms with E-state index < -0.39 is 0 Å². The summed E-state index contributed by atoms with van der Waals surface area (Å²) in [6.07, 6.45) is 4.78. The number of benzene rings is 1. The first kappa shape index (κ1) is 23.5. The molecule has 8 heteroatoms. The molecule has 2 aliphatic heterocycles. The van der Waals surface area contributed by atoms with Crippen LogP contribution in [0.3, 0.4) is 0 Å². The number of rotatable bonds is 9. The van der Waals surface area contributed by atoms with Gasteiger partial charge in [-0.3, -0.25) is 4.90 Å². The summed E-state index contributed by atoms with van der Waals surface area (Å²) in [5, 5.41) is 3.36. The van der Waals surface area contributed by atoms with Crippen molar-refractivity contribution in [1.29, 1.82) is 0 Å². The van der Waals surface area contributed by atoms with E-state index >= 15 is 0 Å². The summed E-state index contributed by atoms with van der Waals surface area (Å²) in [5.74, 6) is 1.02. The van der Waals surface area contributed by atoms with Gasteiger partial charge in [-0.2, -0.15) is 0 Å². The van der Waals surface area contributed by atoms with E-state index in [0.29, 0.717) is 23.8 Å². The number of pyridine rings is 1. The van der Waals surface area contributed by atoms with Gasteiger partial charge in [-0.05, 0) is 82.1 Å². The minimum atomic E-state index is 0.481. The third-order valence-electron chi connectivity index (χ3n) is 7.12. The number of aromatic nitrogens is 3. The Morgan fingerprint density at radius 2 is 2.00 bits per heavy atom. The second kappa shape index (κ2) is 10.2. The van der Waals surface area contributed by atoms with Gasteiger partial charge in [0, 0.05) is 67.2 Å². The highest BCUT2D eigenvalue weighted by molar-refractivity contribution is 5.72. The van der Waals surface area contributed by atoms with Gasteiger partial charge >= 0.3 is 0 Å². The topological polar surface area (TPSA) is 92.4 Å². The number of fused-ring (bicyclic) bond motifs is 2. The summed E-state index contributed by atoms with van der Waals surface area (Å²) in [6.45, 7) is 7.91. The van der Waals surface area contributed by atoms with E-state index in [4.69, 9.17) is 15.5 Å². The molecule has 35 heavy (non-hydrogen) atoms. The summed E-state index contributed by atoms with van der Waals surface area (Å²) in [4.78, 5) is 18.7. The second-order valence-corrected chi connectivity index (χ2v) is 9.56. The number of likely N-dealkylation sites (tertiary alicyclic amines) is 1. The standard InChI is InChI=1S/C27H35N7O/c1-4-35-13-5-6-19-7-9-23(26(28)30-19)24-11-12-29-27(32-24)31-20-8-10-25(18(2)14-20)34-17-21-15-22(34)16-33(21)3/h7-12,14,21-22H,4-6,13,15-17H2,1-3H3,(H2,28,30)(H,29,31,32)/t21-,22-/m0/s1. The fraction of sp³-hybridized carbons (Fsp3) is 0.444. The molecule has 5 rings (SSSR count). The number of nitrogens with zero attached hydrogens (tertiary/aromatic N) is 5. The van der Waals surface area contributed by atoms with Gasteiger partial charge in [-0.25, -0.2) is 15.0 Å². The first-order chi connectivity index (χ1) is 17.0. The van der Waals surface area contributed by atoms with Crippen molar-refractivity contribution in [3.8, 4) is 11.3 Å². The van der Waals surface area contributed by atoms with Gasteiger partial charge in [0.15, 0.2) is 0 Å². The van der Waals surface area contributed by atoms with Crippen LogP contribution in [-0.4, -0.2) is 65.3 Å². The SMILES string of the molecule is CCOCCCc1ccc(-c2ccnc(Nc3ccc(N4C[C@@H]5C[C@H]4CN5C)c(C)c3)n2)c(N)n1. The van der Waals surface area contributed by atoms with E-state index in [2.05, 4.69) is 57.3 Å². The summed E-state index contributed by atoms with van der Waals surface area (Å²) in [5.41, 5.74) is 12.4. The van der Waals surface area contributed by atoms with Crippen molar-refractivity contribution in [3.63, 3.8) is 0 Å². The molecule has 1 aromatic carbocycles. The molecule has 0 unspecified atom stereocenters. The van der Waals surface area contributed by atoms with E-state index in [1.807, 2.05) is 25.1 Å². The van der Waals surface area contributed by atoms with Gasteiger partial charge in [-0.15, -0.1) is 0 Å². The molecule has 2 atom stereocenters. The van der Waals surface area contributed by atoms with Crippen molar-refractivity contribution in [1.82, 2.24) is 19.9 Å². The zero-order valence-corrected chi connectivity index (χ0v) is 20.9. The first-order valence-corrected chi connectivity index (χ1v) is 12.5. The van der Waals surface area contributed by atoms with Crippen LogP contribution in [0.2, 0.25) is 0 Å². The third-order valence-corrected chi connectivity index (χ3v) is 7.12. The molecule has 2 aliphatic rings. The zero-order chi connectivity index (χ0) is 24.4. The van der Waals surface area contributed by atoms with Crippen LogP contribution in [0.15, 0.2) is 42.6 Å². The molecule has 2 bridgehead atoms. The lowest BCUT2D eigenvalue weighted by Gasteiger charge is -2.34. The molecule has 2 fully saturated rings. The Morgan fingerprint density at radius 3 is 2.71 bits per heavy atom. The number of aryl methyl sites for hydroxylation is 2. The predicted molar refractivity (Wildman–Crippen MR) is 141 cm³/mol. The van der Waals surface area contributed by atoms with Crippen LogP contribution in [-0.2, 0) is 11.2 Å². The molecule has 0 radical (unpaired) electrons. The monoisotopic (exact) mass is 473 g/mol. The molecule has 3 aromatic rings. The van der Waals surface area contributed by atoms with Gasteiger partial charge < -0.3 is 20.7 Å². The van der Waals surface area contributed by atoms with Crippen molar-refractivity contribution in [3.05, 3.63) is 53.9 Å². The molecule has 2 saturated heterocycles. The Hall–Kier alpha value is -3.23. The molecule has 4 heterocycles. The average molecular weight is 474 g/mol. The van der Waals surface area contributed by atoms with Crippen LogP contribution < -0.4 is 16.0 Å². The zero-order valence-electron chi connectivity index (χ0n) is 20.9. The van der Waals surface area contributed by atoms with E-state index in [-0.39, 0.29) is 0 Å². The Balaban J connectivity index is 1.27. The molecule has 2 aromatic heterocycles. The molecule has 8 nitrogen and oxygen atoms in total. The second-order valence-electron chi connectivity index (χ2n) is 9.56. The lowest BCUT2D eigenvalue weighted by atomic mass is 10.1. The average Bonchev–Trinajstić information content (AvgIpc) is 3.42. The smallest absolute Gasteiger partial charge is 0.227 e. The minimum absolute atomic E-state index is 0.481. The fourth-order valence-corrected chi connectivity index (χ4v) is 5.29. The highest BCUT2D eigenvalue weighted by atomic mass is 16.5. The maximum absolute atomic E-state index is 6.29. The summed E-state index contributed by atoms with van der Waals surface area (Å²) >= 11 is 0. The summed E-state index contributed by atoms with van der Waals surface area (Å²) < 4.78 is 5.41. The van der Waals surface area contributed by atoms with Crippen LogP contribution in [0.25, 0.3) is 11.3 Å². The van der Waals surface area contributed by atoms with E-state index in [9.17, 15) is 0 Å². The molecule has 0 amide bonds. The summed E-state index contributed by atoms with van der Waals surface area (Å²) in [7, 11) is 2.23. The Labute approximate surface area is 207 Å². The van der Waals surface area contributed by atoms with Crippen LogP contribution in [0.4, 0.5) is 23.1 Å². The van der Waals surface area contributed by atoms with Gasteiger partial charge in [0.2, 0.25) is 5.95 Å². The van der Waals surface area contributed by atoms with Crippen molar-refractivity contribution in [2.45, 2.75) is 45.2 Å². The molecule has 184 valence electrons. The normalized spacial score (nSPS) is 19.5. The largest absolute Gasteiger partial charge is 0.383 e. The number of hydrogen-bond donors (Lipinski definition) is 2.